The van der Waals surface area contributed by atoms with E-state index in [2.05, 4.69) is 22.1 Å². The first-order valence-electron chi connectivity index (χ1n) is 8.11. The lowest BCUT2D eigenvalue weighted by molar-refractivity contribution is -0.137. The monoisotopic (exact) mass is 337 g/mol. The second-order valence-electron chi connectivity index (χ2n) is 6.14. The summed E-state index contributed by atoms with van der Waals surface area (Å²) in [4.78, 5) is 45.6. The highest BCUT2D eigenvalue weighted by molar-refractivity contribution is 6.23. The number of aromatic nitrogens is 2. The number of amides is 2. The number of nitrogens with zero attached hydrogens (tertiary/aromatic N) is 3. The van der Waals surface area contributed by atoms with Gasteiger partial charge in [-0.25, -0.2) is 9.97 Å². The van der Waals surface area contributed by atoms with Gasteiger partial charge in [-0.1, -0.05) is 12.2 Å². The molecule has 25 heavy (non-hydrogen) atoms. The molecule has 1 aliphatic carbocycles. The summed E-state index contributed by atoms with van der Waals surface area (Å²) in [5.74, 6) is -2.42. The number of fused-ring (bicyclic) bond motifs is 3. The van der Waals surface area contributed by atoms with E-state index in [-0.39, 0.29) is 11.1 Å². The number of carboxylic acids is 1. The fraction of sp³-hybridized carbons (Fsp3) is 0.278. The largest absolute Gasteiger partial charge is 0.480 e. The van der Waals surface area contributed by atoms with Crippen LogP contribution in [0.25, 0.3) is 11.0 Å². The van der Waals surface area contributed by atoms with E-state index in [1.807, 2.05) is 0 Å². The van der Waals surface area contributed by atoms with Crippen LogP contribution in [-0.4, -0.2) is 44.3 Å². The molecule has 2 heterocycles. The minimum absolute atomic E-state index is 0.193. The van der Waals surface area contributed by atoms with Crippen LogP contribution in [0, 0.1) is 0 Å². The number of rotatable bonds is 2. The summed E-state index contributed by atoms with van der Waals surface area (Å²) >= 11 is 0. The van der Waals surface area contributed by atoms with Gasteiger partial charge in [0.2, 0.25) is 0 Å². The van der Waals surface area contributed by atoms with E-state index < -0.39 is 24.3 Å². The molecule has 0 atom stereocenters. The molecule has 1 aliphatic heterocycles. The van der Waals surface area contributed by atoms with E-state index >= 15 is 0 Å². The van der Waals surface area contributed by atoms with Crippen molar-refractivity contribution < 1.29 is 19.5 Å². The first-order chi connectivity index (χ1) is 12.0. The van der Waals surface area contributed by atoms with Crippen molar-refractivity contribution in [3.05, 3.63) is 46.8 Å². The highest BCUT2D eigenvalue weighted by Gasteiger charge is 2.37. The third-order valence-electron chi connectivity index (χ3n) is 4.47. The van der Waals surface area contributed by atoms with Gasteiger partial charge in [0.05, 0.1) is 33.5 Å². The van der Waals surface area contributed by atoms with Gasteiger partial charge in [-0.3, -0.25) is 19.3 Å². The number of hydrogen-bond acceptors (Lipinski definition) is 5. The summed E-state index contributed by atoms with van der Waals surface area (Å²) in [5.41, 5.74) is 3.32. The molecular formula is C18H15N3O4. The molecule has 4 rings (SSSR count). The smallest absolute Gasteiger partial charge is 0.323 e. The SMILES string of the molecule is O=C(O)CN1C(=O)c2cc3nc4c(nc3cc2C1=O)CCC=CCC4. The van der Waals surface area contributed by atoms with E-state index in [9.17, 15) is 14.4 Å². The van der Waals surface area contributed by atoms with Crippen LogP contribution in [0.15, 0.2) is 24.3 Å². The summed E-state index contributed by atoms with van der Waals surface area (Å²) in [6.45, 7) is -0.647. The molecule has 1 aromatic carbocycles. The molecule has 0 bridgehead atoms. The van der Waals surface area contributed by atoms with Gasteiger partial charge in [-0.15, -0.1) is 0 Å². The van der Waals surface area contributed by atoms with E-state index in [1.165, 1.54) is 0 Å². The number of carbonyl (C=O) groups is 3. The zero-order valence-electron chi connectivity index (χ0n) is 13.4. The van der Waals surface area contributed by atoms with Crippen LogP contribution in [0.1, 0.15) is 44.9 Å². The fourth-order valence-corrected chi connectivity index (χ4v) is 3.27. The Bertz CT molecular complexity index is 896. The first kappa shape index (κ1) is 15.4. The predicted octanol–water partition coefficient (Wildman–Crippen LogP) is 1.75. The molecule has 7 nitrogen and oxygen atoms in total. The minimum Gasteiger partial charge on any atom is -0.480 e. The van der Waals surface area contributed by atoms with Crippen molar-refractivity contribution in [2.45, 2.75) is 25.7 Å². The molecule has 1 N–H and O–H groups in total. The molecule has 0 saturated carbocycles. The van der Waals surface area contributed by atoms with Crippen LogP contribution in [0.3, 0.4) is 0 Å². The van der Waals surface area contributed by atoms with Crippen molar-refractivity contribution in [3.8, 4) is 0 Å². The number of benzene rings is 1. The maximum atomic E-state index is 12.4. The van der Waals surface area contributed by atoms with E-state index in [1.54, 1.807) is 12.1 Å². The minimum atomic E-state index is -1.23. The molecule has 2 aromatic rings. The van der Waals surface area contributed by atoms with Gasteiger partial charge in [0.15, 0.2) is 0 Å². The van der Waals surface area contributed by atoms with Crippen molar-refractivity contribution in [1.82, 2.24) is 14.9 Å². The zero-order valence-corrected chi connectivity index (χ0v) is 13.4. The first-order valence-corrected chi connectivity index (χ1v) is 8.11. The van der Waals surface area contributed by atoms with Gasteiger partial charge in [-0.05, 0) is 37.8 Å². The lowest BCUT2D eigenvalue weighted by atomic mass is 10.0. The normalized spacial score (nSPS) is 16.6. The highest BCUT2D eigenvalue weighted by Crippen LogP contribution is 2.27. The van der Waals surface area contributed by atoms with E-state index in [0.29, 0.717) is 11.0 Å². The molecule has 7 heteroatoms. The zero-order chi connectivity index (χ0) is 17.6. The Labute approximate surface area is 143 Å². The van der Waals surface area contributed by atoms with Gasteiger partial charge >= 0.3 is 5.97 Å². The van der Waals surface area contributed by atoms with Crippen molar-refractivity contribution in [2.24, 2.45) is 0 Å². The second kappa shape index (κ2) is 5.77. The van der Waals surface area contributed by atoms with Gasteiger partial charge in [0.25, 0.3) is 11.8 Å². The Morgan fingerprint density at radius 3 is 1.88 bits per heavy atom. The Balaban J connectivity index is 1.82. The summed E-state index contributed by atoms with van der Waals surface area (Å²) in [5, 5.41) is 8.90. The van der Waals surface area contributed by atoms with E-state index in [0.717, 1.165) is 42.0 Å². The van der Waals surface area contributed by atoms with Crippen LogP contribution in [0.2, 0.25) is 0 Å². The molecule has 0 radical (unpaired) electrons. The summed E-state index contributed by atoms with van der Waals surface area (Å²) in [7, 11) is 0. The van der Waals surface area contributed by atoms with Crippen LogP contribution < -0.4 is 0 Å². The second-order valence-corrected chi connectivity index (χ2v) is 6.14. The number of carboxylic acid groups (broad SMARTS) is 1. The van der Waals surface area contributed by atoms with Crippen LogP contribution in [0.5, 0.6) is 0 Å². The van der Waals surface area contributed by atoms with Gasteiger partial charge in [0, 0.05) is 0 Å². The Kier molecular flexibility index (Phi) is 3.56. The standard InChI is InChI=1S/C18H15N3O4/c22-16(23)9-21-17(24)10-7-14-15(8-11(10)18(21)25)20-13-6-4-2-1-3-5-12(13)19-14/h1-2,7-8H,3-6,9H2,(H,22,23). The third-order valence-corrected chi connectivity index (χ3v) is 4.47. The van der Waals surface area contributed by atoms with Crippen molar-refractivity contribution in [2.75, 3.05) is 6.54 Å². The molecular weight excluding hydrogens is 322 g/mol. The number of aryl methyl sites for hydroxylation is 2. The van der Waals surface area contributed by atoms with Crippen LogP contribution >= 0.6 is 0 Å². The van der Waals surface area contributed by atoms with E-state index in [4.69, 9.17) is 5.11 Å². The number of hydrogen-bond donors (Lipinski definition) is 1. The summed E-state index contributed by atoms with van der Waals surface area (Å²) < 4.78 is 0. The number of aliphatic carboxylic acids is 1. The number of carbonyl (C=O) groups excluding carboxylic acids is 2. The molecule has 1 aromatic heterocycles. The molecule has 0 spiro atoms. The van der Waals surface area contributed by atoms with Crippen LogP contribution in [-0.2, 0) is 17.6 Å². The summed E-state index contributed by atoms with van der Waals surface area (Å²) in [6, 6.07) is 3.10. The lowest BCUT2D eigenvalue weighted by Crippen LogP contribution is -2.34. The molecule has 2 aliphatic rings. The van der Waals surface area contributed by atoms with Crippen LogP contribution in [0.4, 0.5) is 0 Å². The van der Waals surface area contributed by atoms with Crippen molar-refractivity contribution in [1.29, 1.82) is 0 Å². The van der Waals surface area contributed by atoms with Crippen molar-refractivity contribution >= 4 is 28.8 Å². The lowest BCUT2D eigenvalue weighted by Gasteiger charge is -2.11. The third kappa shape index (κ3) is 2.57. The molecule has 0 unspecified atom stereocenters. The highest BCUT2D eigenvalue weighted by atomic mass is 16.4. The Morgan fingerprint density at radius 2 is 1.44 bits per heavy atom. The average molecular weight is 337 g/mol. The Hall–Kier alpha value is -3.09. The predicted molar refractivity (Wildman–Crippen MR) is 88.3 cm³/mol. The quantitative estimate of drug-likeness (QED) is 0.662. The average Bonchev–Trinajstić information content (AvgIpc) is 2.77. The number of imide groups is 1. The molecule has 2 amide bonds. The topological polar surface area (TPSA) is 100 Å². The maximum Gasteiger partial charge on any atom is 0.323 e. The maximum absolute atomic E-state index is 12.4. The van der Waals surface area contributed by atoms with Gasteiger partial charge in [0.1, 0.15) is 6.54 Å². The van der Waals surface area contributed by atoms with Crippen molar-refractivity contribution in [3.63, 3.8) is 0 Å². The van der Waals surface area contributed by atoms with Gasteiger partial charge in [-0.2, -0.15) is 0 Å². The molecule has 0 fully saturated rings. The molecule has 0 saturated heterocycles. The number of allylic oxidation sites excluding steroid dienone is 2. The fourth-order valence-electron chi connectivity index (χ4n) is 3.27. The Morgan fingerprint density at radius 1 is 0.960 bits per heavy atom. The summed E-state index contributed by atoms with van der Waals surface area (Å²) in [6.07, 6.45) is 7.60. The molecule has 126 valence electrons. The van der Waals surface area contributed by atoms with Gasteiger partial charge < -0.3 is 5.11 Å².